The number of hydrogen-bond donors (Lipinski definition) is 1. The zero-order chi connectivity index (χ0) is 12.3. The van der Waals surface area contributed by atoms with Crippen molar-refractivity contribution in [3.8, 4) is 0 Å². The van der Waals surface area contributed by atoms with Gasteiger partial charge in [0.05, 0.1) is 0 Å². The molecule has 94 valence electrons. The van der Waals surface area contributed by atoms with Gasteiger partial charge in [-0.2, -0.15) is 0 Å². The summed E-state index contributed by atoms with van der Waals surface area (Å²) < 4.78 is 0. The Labute approximate surface area is 109 Å². The molecule has 2 rings (SSSR count). The maximum absolute atomic E-state index is 6.19. The topological polar surface area (TPSA) is 29.3 Å². The Morgan fingerprint density at radius 1 is 1.35 bits per heavy atom. The summed E-state index contributed by atoms with van der Waals surface area (Å²) in [4.78, 5) is 2.48. The zero-order valence-corrected chi connectivity index (χ0v) is 11.2. The van der Waals surface area contributed by atoms with Gasteiger partial charge in [-0.15, -0.1) is 0 Å². The van der Waals surface area contributed by atoms with Crippen molar-refractivity contribution >= 4 is 17.3 Å². The Morgan fingerprint density at radius 3 is 2.71 bits per heavy atom. The molecule has 1 aromatic carbocycles. The maximum Gasteiger partial charge on any atom is 0.0452 e. The van der Waals surface area contributed by atoms with E-state index in [9.17, 15) is 0 Å². The van der Waals surface area contributed by atoms with E-state index in [-0.39, 0.29) is 0 Å². The van der Waals surface area contributed by atoms with Gasteiger partial charge in [0.25, 0.3) is 0 Å². The minimum Gasteiger partial charge on any atom is -0.399 e. The molecule has 1 saturated heterocycles. The SMILES string of the molecule is CCC1CCN(Cc2cc(N)ccc2Cl)CC1. The Kier molecular flexibility index (Phi) is 4.30. The van der Waals surface area contributed by atoms with Crippen LogP contribution in [0, 0.1) is 5.92 Å². The van der Waals surface area contributed by atoms with E-state index in [0.717, 1.165) is 28.7 Å². The van der Waals surface area contributed by atoms with E-state index < -0.39 is 0 Å². The van der Waals surface area contributed by atoms with Gasteiger partial charge in [0.1, 0.15) is 0 Å². The lowest BCUT2D eigenvalue weighted by atomic mass is 9.94. The van der Waals surface area contributed by atoms with E-state index in [2.05, 4.69) is 11.8 Å². The number of piperidine rings is 1. The standard InChI is InChI=1S/C14H21ClN2/c1-2-11-5-7-17(8-6-11)10-12-9-13(16)3-4-14(12)15/h3-4,9,11H,2,5-8,10,16H2,1H3. The summed E-state index contributed by atoms with van der Waals surface area (Å²) >= 11 is 6.19. The quantitative estimate of drug-likeness (QED) is 0.834. The third-order valence-electron chi connectivity index (χ3n) is 3.75. The first kappa shape index (κ1) is 12.7. The van der Waals surface area contributed by atoms with Crippen LogP contribution >= 0.6 is 11.6 Å². The average molecular weight is 253 g/mol. The van der Waals surface area contributed by atoms with Gasteiger partial charge in [0, 0.05) is 17.3 Å². The van der Waals surface area contributed by atoms with Crippen LogP contribution in [-0.4, -0.2) is 18.0 Å². The average Bonchev–Trinajstić information content (AvgIpc) is 2.35. The van der Waals surface area contributed by atoms with Crippen LogP contribution < -0.4 is 5.73 Å². The third-order valence-corrected chi connectivity index (χ3v) is 4.12. The normalized spacial score (nSPS) is 18.5. The fourth-order valence-corrected chi connectivity index (χ4v) is 2.69. The Balaban J connectivity index is 1.95. The van der Waals surface area contributed by atoms with Gasteiger partial charge in [-0.05, 0) is 55.6 Å². The summed E-state index contributed by atoms with van der Waals surface area (Å²) in [6, 6.07) is 5.74. The molecule has 1 heterocycles. The smallest absolute Gasteiger partial charge is 0.0452 e. The van der Waals surface area contributed by atoms with E-state index in [1.165, 1.54) is 32.4 Å². The second kappa shape index (κ2) is 5.74. The third kappa shape index (κ3) is 3.36. The minimum absolute atomic E-state index is 0.799. The van der Waals surface area contributed by atoms with E-state index in [4.69, 9.17) is 17.3 Å². The molecule has 1 aliphatic rings. The summed E-state index contributed by atoms with van der Waals surface area (Å²) in [5, 5.41) is 0.830. The van der Waals surface area contributed by atoms with Crippen molar-refractivity contribution in [2.24, 2.45) is 5.92 Å². The number of halogens is 1. The van der Waals surface area contributed by atoms with Gasteiger partial charge in [-0.25, -0.2) is 0 Å². The summed E-state index contributed by atoms with van der Waals surface area (Å²) in [7, 11) is 0. The summed E-state index contributed by atoms with van der Waals surface area (Å²) in [5.41, 5.74) is 7.75. The number of likely N-dealkylation sites (tertiary alicyclic amines) is 1. The van der Waals surface area contributed by atoms with Crippen molar-refractivity contribution in [2.45, 2.75) is 32.7 Å². The van der Waals surface area contributed by atoms with E-state index in [1.807, 2.05) is 18.2 Å². The zero-order valence-electron chi connectivity index (χ0n) is 10.5. The molecule has 0 saturated carbocycles. The molecule has 2 nitrogen and oxygen atoms in total. The molecule has 1 fully saturated rings. The molecule has 0 amide bonds. The largest absolute Gasteiger partial charge is 0.399 e. The molecule has 3 heteroatoms. The minimum atomic E-state index is 0.799. The molecule has 2 N–H and O–H groups in total. The maximum atomic E-state index is 6.19. The number of nitrogen functional groups attached to an aromatic ring is 1. The predicted octanol–water partition coefficient (Wildman–Crippen LogP) is 3.54. The van der Waals surface area contributed by atoms with E-state index >= 15 is 0 Å². The molecular weight excluding hydrogens is 232 g/mol. The number of benzene rings is 1. The number of nitrogens with zero attached hydrogens (tertiary/aromatic N) is 1. The van der Waals surface area contributed by atoms with Gasteiger partial charge < -0.3 is 5.73 Å². The van der Waals surface area contributed by atoms with Crippen LogP contribution in [0.3, 0.4) is 0 Å². The molecule has 0 spiro atoms. The fraction of sp³-hybridized carbons (Fsp3) is 0.571. The van der Waals surface area contributed by atoms with Crippen LogP contribution in [0.15, 0.2) is 18.2 Å². The molecule has 0 radical (unpaired) electrons. The Bertz CT molecular complexity index is 370. The molecule has 17 heavy (non-hydrogen) atoms. The molecule has 0 aromatic heterocycles. The molecule has 1 aliphatic heterocycles. The van der Waals surface area contributed by atoms with Crippen molar-refractivity contribution in [3.05, 3.63) is 28.8 Å². The number of rotatable bonds is 3. The van der Waals surface area contributed by atoms with Gasteiger partial charge in [-0.1, -0.05) is 24.9 Å². The Morgan fingerprint density at radius 2 is 2.06 bits per heavy atom. The molecule has 0 unspecified atom stereocenters. The van der Waals surface area contributed by atoms with Crippen molar-refractivity contribution < 1.29 is 0 Å². The second-order valence-corrected chi connectivity index (χ2v) is 5.39. The lowest BCUT2D eigenvalue weighted by molar-refractivity contribution is 0.175. The highest BCUT2D eigenvalue weighted by Gasteiger charge is 2.18. The number of nitrogens with two attached hydrogens (primary N) is 1. The summed E-state index contributed by atoms with van der Waals surface area (Å²) in [6.07, 6.45) is 3.94. The highest BCUT2D eigenvalue weighted by molar-refractivity contribution is 6.31. The lowest BCUT2D eigenvalue weighted by Gasteiger charge is -2.31. The van der Waals surface area contributed by atoms with Crippen LogP contribution in [0.4, 0.5) is 5.69 Å². The monoisotopic (exact) mass is 252 g/mol. The lowest BCUT2D eigenvalue weighted by Crippen LogP contribution is -2.33. The van der Waals surface area contributed by atoms with Gasteiger partial charge >= 0.3 is 0 Å². The molecule has 0 atom stereocenters. The van der Waals surface area contributed by atoms with Crippen molar-refractivity contribution in [2.75, 3.05) is 18.8 Å². The summed E-state index contributed by atoms with van der Waals surface area (Å²) in [5.74, 6) is 0.919. The highest BCUT2D eigenvalue weighted by Crippen LogP contribution is 2.24. The fourth-order valence-electron chi connectivity index (χ4n) is 2.51. The Hall–Kier alpha value is -0.730. The molecular formula is C14H21ClN2. The van der Waals surface area contributed by atoms with Gasteiger partial charge in [-0.3, -0.25) is 4.90 Å². The first-order valence-electron chi connectivity index (χ1n) is 6.45. The van der Waals surface area contributed by atoms with Crippen LogP contribution in [-0.2, 0) is 6.54 Å². The van der Waals surface area contributed by atoms with Gasteiger partial charge in [0.2, 0.25) is 0 Å². The first-order chi connectivity index (χ1) is 8.19. The van der Waals surface area contributed by atoms with Crippen LogP contribution in [0.2, 0.25) is 5.02 Å². The van der Waals surface area contributed by atoms with E-state index in [1.54, 1.807) is 0 Å². The summed E-state index contributed by atoms with van der Waals surface area (Å²) in [6.45, 7) is 5.59. The van der Waals surface area contributed by atoms with Crippen molar-refractivity contribution in [3.63, 3.8) is 0 Å². The highest BCUT2D eigenvalue weighted by atomic mass is 35.5. The molecule has 0 aliphatic carbocycles. The van der Waals surface area contributed by atoms with Crippen LogP contribution in [0.5, 0.6) is 0 Å². The van der Waals surface area contributed by atoms with Crippen LogP contribution in [0.1, 0.15) is 31.7 Å². The van der Waals surface area contributed by atoms with Gasteiger partial charge in [0.15, 0.2) is 0 Å². The second-order valence-electron chi connectivity index (χ2n) is 4.98. The number of hydrogen-bond acceptors (Lipinski definition) is 2. The van der Waals surface area contributed by atoms with Crippen LogP contribution in [0.25, 0.3) is 0 Å². The number of anilines is 1. The van der Waals surface area contributed by atoms with Crippen molar-refractivity contribution in [1.82, 2.24) is 4.90 Å². The first-order valence-corrected chi connectivity index (χ1v) is 6.83. The van der Waals surface area contributed by atoms with E-state index in [0.29, 0.717) is 0 Å². The predicted molar refractivity (Wildman–Crippen MR) is 74.2 cm³/mol. The molecule has 1 aromatic rings. The molecule has 0 bridgehead atoms. The van der Waals surface area contributed by atoms with Crippen molar-refractivity contribution in [1.29, 1.82) is 0 Å².